The first-order valence-corrected chi connectivity index (χ1v) is 8.94. The van der Waals surface area contributed by atoms with Gasteiger partial charge in [-0.1, -0.05) is 12.1 Å². The molecule has 2 nitrogen and oxygen atoms in total. The molecule has 1 aromatic carbocycles. The number of hydrogen-bond donors (Lipinski definition) is 1. The van der Waals surface area contributed by atoms with Crippen molar-refractivity contribution in [2.45, 2.75) is 25.9 Å². The monoisotopic (exact) mass is 332 g/mol. The first-order valence-electron chi connectivity index (χ1n) is 7.11. The van der Waals surface area contributed by atoms with Gasteiger partial charge in [-0.15, -0.1) is 11.3 Å². The highest BCUT2D eigenvalue weighted by Crippen LogP contribution is 2.23. The van der Waals surface area contributed by atoms with Crippen LogP contribution in [0.25, 0.3) is 0 Å². The lowest BCUT2D eigenvalue weighted by atomic mass is 10.1. The van der Waals surface area contributed by atoms with E-state index in [9.17, 15) is 4.39 Å². The van der Waals surface area contributed by atoms with Crippen molar-refractivity contribution in [2.75, 3.05) is 0 Å². The van der Waals surface area contributed by atoms with Crippen molar-refractivity contribution in [1.82, 2.24) is 10.3 Å². The molecular weight excluding hydrogens is 315 g/mol. The second-order valence-electron chi connectivity index (χ2n) is 5.23. The summed E-state index contributed by atoms with van der Waals surface area (Å²) in [5.74, 6) is -0.196. The quantitative estimate of drug-likeness (QED) is 0.706. The summed E-state index contributed by atoms with van der Waals surface area (Å²) in [6.07, 6.45) is 0.895. The van der Waals surface area contributed by atoms with Gasteiger partial charge in [0, 0.05) is 17.6 Å². The first kappa shape index (κ1) is 15.3. The average molecular weight is 332 g/mol. The van der Waals surface area contributed by atoms with E-state index in [4.69, 9.17) is 0 Å². The number of nitrogens with one attached hydrogen (secondary N) is 1. The van der Waals surface area contributed by atoms with Crippen molar-refractivity contribution in [1.29, 1.82) is 0 Å². The number of benzene rings is 1. The molecule has 0 spiro atoms. The average Bonchev–Trinajstić information content (AvgIpc) is 3.15. The Labute approximate surface area is 137 Å². The molecule has 5 heteroatoms. The van der Waals surface area contributed by atoms with Gasteiger partial charge in [-0.25, -0.2) is 9.37 Å². The van der Waals surface area contributed by atoms with E-state index in [1.165, 1.54) is 11.6 Å². The van der Waals surface area contributed by atoms with Crippen LogP contribution in [0.5, 0.6) is 0 Å². The van der Waals surface area contributed by atoms with E-state index < -0.39 is 0 Å². The molecule has 0 radical (unpaired) electrons. The summed E-state index contributed by atoms with van der Waals surface area (Å²) >= 11 is 3.38. The van der Waals surface area contributed by atoms with Crippen molar-refractivity contribution in [3.63, 3.8) is 0 Å². The molecule has 1 atom stereocenters. The van der Waals surface area contributed by atoms with Crippen molar-refractivity contribution in [2.24, 2.45) is 0 Å². The Bertz CT molecular complexity index is 722. The van der Waals surface area contributed by atoms with Crippen LogP contribution in [0.3, 0.4) is 0 Å². The zero-order valence-corrected chi connectivity index (χ0v) is 13.9. The van der Waals surface area contributed by atoms with Crippen LogP contribution in [0, 0.1) is 12.7 Å². The second-order valence-corrected chi connectivity index (χ2v) is 6.90. The minimum atomic E-state index is -0.196. The highest BCUT2D eigenvalue weighted by molar-refractivity contribution is 7.09. The zero-order chi connectivity index (χ0) is 15.4. The number of aromatic nitrogens is 1. The van der Waals surface area contributed by atoms with Crippen LogP contribution in [0.2, 0.25) is 0 Å². The van der Waals surface area contributed by atoms with Crippen LogP contribution >= 0.6 is 22.7 Å². The van der Waals surface area contributed by atoms with Crippen molar-refractivity contribution in [3.05, 3.63) is 74.1 Å². The fourth-order valence-corrected chi connectivity index (χ4v) is 3.86. The van der Waals surface area contributed by atoms with Crippen LogP contribution in [0.1, 0.15) is 27.9 Å². The molecule has 0 aliphatic heterocycles. The van der Waals surface area contributed by atoms with Crippen LogP contribution in [0.4, 0.5) is 4.39 Å². The first-order chi connectivity index (χ1) is 10.7. The van der Waals surface area contributed by atoms with Gasteiger partial charge in [-0.3, -0.25) is 0 Å². The van der Waals surface area contributed by atoms with Gasteiger partial charge in [-0.05, 0) is 53.4 Å². The third-order valence-corrected chi connectivity index (χ3v) is 5.20. The summed E-state index contributed by atoms with van der Waals surface area (Å²) in [5.41, 5.74) is 3.29. The van der Waals surface area contributed by atoms with E-state index in [1.54, 1.807) is 34.8 Å². The second kappa shape index (κ2) is 7.13. The minimum Gasteiger partial charge on any atom is -0.304 e. The molecule has 0 saturated carbocycles. The van der Waals surface area contributed by atoms with E-state index in [2.05, 4.69) is 32.5 Å². The maximum Gasteiger partial charge on any atom is 0.123 e. The van der Waals surface area contributed by atoms with Crippen LogP contribution < -0.4 is 5.32 Å². The Morgan fingerprint density at radius 1 is 1.23 bits per heavy atom. The van der Waals surface area contributed by atoms with E-state index >= 15 is 0 Å². The van der Waals surface area contributed by atoms with Crippen LogP contribution in [-0.4, -0.2) is 4.98 Å². The molecule has 3 rings (SSSR count). The number of halogens is 1. The molecule has 0 aliphatic rings. The molecule has 0 unspecified atom stereocenters. The number of thiazole rings is 1. The summed E-state index contributed by atoms with van der Waals surface area (Å²) in [7, 11) is 0. The molecule has 114 valence electrons. The van der Waals surface area contributed by atoms with Crippen molar-refractivity contribution >= 4 is 22.7 Å². The number of thiophene rings is 1. The summed E-state index contributed by atoms with van der Waals surface area (Å²) in [4.78, 5) is 4.61. The van der Waals surface area contributed by atoms with E-state index in [0.717, 1.165) is 22.7 Å². The molecule has 0 fully saturated rings. The Morgan fingerprint density at radius 2 is 2.14 bits per heavy atom. The van der Waals surface area contributed by atoms with E-state index in [-0.39, 0.29) is 11.9 Å². The van der Waals surface area contributed by atoms with Gasteiger partial charge in [0.15, 0.2) is 0 Å². The van der Waals surface area contributed by atoms with Gasteiger partial charge in [-0.2, -0.15) is 11.3 Å². The predicted molar refractivity (Wildman–Crippen MR) is 90.9 cm³/mol. The SMILES string of the molecule is Cc1csc([C@H](Cc2ccsc2)NCc2cccc(F)c2)n1. The normalized spacial score (nSPS) is 12.5. The fraction of sp³-hybridized carbons (Fsp3) is 0.235. The van der Waals surface area contributed by atoms with Crippen LogP contribution in [-0.2, 0) is 13.0 Å². The molecule has 2 aromatic heterocycles. The minimum absolute atomic E-state index is 0.150. The molecular formula is C17H17FN2S2. The van der Waals surface area contributed by atoms with E-state index in [0.29, 0.717) is 6.54 Å². The third kappa shape index (κ3) is 4.00. The summed E-state index contributed by atoms with van der Waals surface area (Å²) in [6, 6.07) is 9.01. The maximum absolute atomic E-state index is 13.3. The van der Waals surface area contributed by atoms with Gasteiger partial charge in [0.1, 0.15) is 10.8 Å². The topological polar surface area (TPSA) is 24.9 Å². The molecule has 0 aliphatic carbocycles. The molecule has 2 heterocycles. The lowest BCUT2D eigenvalue weighted by Gasteiger charge is -2.16. The van der Waals surface area contributed by atoms with Crippen LogP contribution in [0.15, 0.2) is 46.5 Å². The zero-order valence-electron chi connectivity index (χ0n) is 12.3. The Morgan fingerprint density at radius 3 is 2.82 bits per heavy atom. The number of hydrogen-bond acceptors (Lipinski definition) is 4. The Hall–Kier alpha value is -1.56. The van der Waals surface area contributed by atoms with Crippen molar-refractivity contribution < 1.29 is 4.39 Å². The maximum atomic E-state index is 13.3. The molecule has 0 amide bonds. The lowest BCUT2D eigenvalue weighted by Crippen LogP contribution is -2.22. The molecule has 0 saturated heterocycles. The predicted octanol–water partition coefficient (Wildman–Crippen LogP) is 4.73. The fourth-order valence-electron chi connectivity index (χ4n) is 2.31. The summed E-state index contributed by atoms with van der Waals surface area (Å²) in [5, 5.41) is 10.9. The van der Waals surface area contributed by atoms with Gasteiger partial charge >= 0.3 is 0 Å². The molecule has 22 heavy (non-hydrogen) atoms. The number of nitrogens with zero attached hydrogens (tertiary/aromatic N) is 1. The third-order valence-electron chi connectivity index (χ3n) is 3.40. The molecule has 1 N–H and O–H groups in total. The van der Waals surface area contributed by atoms with Gasteiger partial charge in [0.25, 0.3) is 0 Å². The number of aryl methyl sites for hydroxylation is 1. The van der Waals surface area contributed by atoms with E-state index in [1.807, 2.05) is 13.0 Å². The molecule has 0 bridgehead atoms. The summed E-state index contributed by atoms with van der Waals surface area (Å²) < 4.78 is 13.3. The molecule has 3 aromatic rings. The highest BCUT2D eigenvalue weighted by Gasteiger charge is 2.16. The van der Waals surface area contributed by atoms with Gasteiger partial charge in [0.2, 0.25) is 0 Å². The van der Waals surface area contributed by atoms with Gasteiger partial charge < -0.3 is 5.32 Å². The highest BCUT2D eigenvalue weighted by atomic mass is 32.1. The van der Waals surface area contributed by atoms with Crippen molar-refractivity contribution in [3.8, 4) is 0 Å². The smallest absolute Gasteiger partial charge is 0.123 e. The lowest BCUT2D eigenvalue weighted by molar-refractivity contribution is 0.525. The Balaban J connectivity index is 1.73. The van der Waals surface area contributed by atoms with Gasteiger partial charge in [0.05, 0.1) is 6.04 Å². The number of rotatable bonds is 6. The Kier molecular flexibility index (Phi) is 4.97. The standard InChI is InChI=1S/C17H17FN2S2/c1-12-10-22-17(20-12)16(8-14-5-6-21-11-14)19-9-13-3-2-4-15(18)7-13/h2-7,10-11,16,19H,8-9H2,1H3/t16-/m0/s1. The largest absolute Gasteiger partial charge is 0.304 e. The summed E-state index contributed by atoms with van der Waals surface area (Å²) in [6.45, 7) is 2.64.